The lowest BCUT2D eigenvalue weighted by molar-refractivity contribution is -0.906. The summed E-state index contributed by atoms with van der Waals surface area (Å²) < 4.78 is 6.81. The molecule has 0 spiro atoms. The highest BCUT2D eigenvalue weighted by Crippen LogP contribution is 2.19. The van der Waals surface area contributed by atoms with Crippen LogP contribution in [0, 0.1) is 0 Å². The van der Waals surface area contributed by atoms with Gasteiger partial charge in [-0.25, -0.2) is 4.68 Å². The van der Waals surface area contributed by atoms with E-state index in [9.17, 15) is 9.90 Å². The maximum atomic E-state index is 12.4. The maximum absolute atomic E-state index is 12.4. The molecule has 1 fully saturated rings. The summed E-state index contributed by atoms with van der Waals surface area (Å²) in [4.78, 5) is 13.9. The molecule has 25 heavy (non-hydrogen) atoms. The van der Waals surface area contributed by atoms with Crippen molar-refractivity contribution < 1.29 is 19.5 Å². The van der Waals surface area contributed by atoms with Gasteiger partial charge >= 0.3 is 0 Å². The molecule has 2 heterocycles. The van der Waals surface area contributed by atoms with E-state index in [0.29, 0.717) is 10.7 Å². The summed E-state index contributed by atoms with van der Waals surface area (Å²) in [7, 11) is 0. The van der Waals surface area contributed by atoms with Gasteiger partial charge in [0.2, 0.25) is 0 Å². The van der Waals surface area contributed by atoms with Crippen LogP contribution in [0.1, 0.15) is 15.9 Å². The minimum Gasteiger partial charge on any atom is -0.507 e. The Hall–Kier alpha value is -2.29. The predicted octanol–water partition coefficient (Wildman–Crippen LogP) is -0.543. The number of hydrogen-bond acceptors (Lipinski definition) is 5. The second kappa shape index (κ2) is 8.19. The average molecular weight is 361 g/mol. The number of aromatic hydroxyl groups is 1. The second-order valence-corrected chi connectivity index (χ2v) is 6.25. The van der Waals surface area contributed by atoms with Crippen LogP contribution in [0.3, 0.4) is 0 Å². The van der Waals surface area contributed by atoms with Gasteiger partial charge in [-0.2, -0.15) is 5.10 Å². The van der Waals surface area contributed by atoms with E-state index in [-0.39, 0.29) is 17.1 Å². The zero-order valence-corrected chi connectivity index (χ0v) is 14.6. The Morgan fingerprint density at radius 3 is 2.88 bits per heavy atom. The number of nitrogens with one attached hydrogen (secondary N) is 2. The maximum Gasteiger partial charge on any atom is 0.199 e. The molecule has 0 atom stereocenters. The van der Waals surface area contributed by atoms with Gasteiger partial charge < -0.3 is 20.1 Å². The van der Waals surface area contributed by atoms with E-state index >= 15 is 0 Å². The van der Waals surface area contributed by atoms with Crippen LogP contribution in [-0.4, -0.2) is 65.2 Å². The summed E-state index contributed by atoms with van der Waals surface area (Å²) in [5.41, 5.74) is 0.626. The Labute approximate surface area is 151 Å². The summed E-state index contributed by atoms with van der Waals surface area (Å²) >= 11 is 5.32. The van der Waals surface area contributed by atoms with Crippen molar-refractivity contribution in [2.24, 2.45) is 0 Å². The van der Waals surface area contributed by atoms with Crippen LogP contribution >= 0.6 is 12.2 Å². The van der Waals surface area contributed by atoms with Gasteiger partial charge in [0.25, 0.3) is 0 Å². The van der Waals surface area contributed by atoms with E-state index < -0.39 is 0 Å². The van der Waals surface area contributed by atoms with Crippen molar-refractivity contribution in [1.29, 1.82) is 0 Å². The highest BCUT2D eigenvalue weighted by molar-refractivity contribution is 7.80. The van der Waals surface area contributed by atoms with E-state index in [2.05, 4.69) is 10.4 Å². The van der Waals surface area contributed by atoms with Crippen LogP contribution < -0.4 is 10.2 Å². The lowest BCUT2D eigenvalue weighted by Crippen LogP contribution is -3.14. The first-order valence-electron chi connectivity index (χ1n) is 8.22. The minimum atomic E-state index is -0.287. The summed E-state index contributed by atoms with van der Waals surface area (Å²) in [6, 6.07) is 6.44. The van der Waals surface area contributed by atoms with Gasteiger partial charge in [0, 0.05) is 6.20 Å². The predicted molar refractivity (Wildman–Crippen MR) is 96.1 cm³/mol. The molecule has 1 saturated heterocycles. The van der Waals surface area contributed by atoms with E-state index in [0.717, 1.165) is 39.4 Å². The number of ketones is 1. The van der Waals surface area contributed by atoms with Gasteiger partial charge in [-0.1, -0.05) is 12.1 Å². The van der Waals surface area contributed by atoms with Gasteiger partial charge in [0.1, 0.15) is 18.8 Å². The fourth-order valence-corrected chi connectivity index (χ4v) is 2.91. The topological polar surface area (TPSA) is 80.8 Å². The number of carbonyl (C=O) groups is 1. The first-order chi connectivity index (χ1) is 12.1. The standard InChI is InChI=1S/C17H20N4O3S/c22-15-4-2-1-3-14(15)16(23)13-11-19-21(12-13)17(25)18-5-6-20-7-9-24-10-8-20/h1-4,11-12,22H,5-10H2,(H,18,25)/p+1. The molecule has 3 N–H and O–H groups in total. The number of ether oxygens (including phenoxy) is 1. The molecule has 0 bridgehead atoms. The molecular weight excluding hydrogens is 340 g/mol. The van der Waals surface area contributed by atoms with Gasteiger partial charge in [-0.15, -0.1) is 0 Å². The Bertz CT molecular complexity index is 756. The van der Waals surface area contributed by atoms with Gasteiger partial charge in [0.15, 0.2) is 10.9 Å². The third-order valence-corrected chi connectivity index (χ3v) is 4.49. The number of morpholine rings is 1. The number of benzene rings is 1. The van der Waals surface area contributed by atoms with Crippen LogP contribution in [0.15, 0.2) is 36.7 Å². The molecule has 2 aromatic rings. The fourth-order valence-electron chi connectivity index (χ4n) is 2.71. The minimum absolute atomic E-state index is 0.0468. The Morgan fingerprint density at radius 1 is 1.36 bits per heavy atom. The zero-order valence-electron chi connectivity index (χ0n) is 13.8. The fraction of sp³-hybridized carbons (Fsp3) is 0.353. The molecule has 1 aromatic heterocycles. The van der Waals surface area contributed by atoms with Gasteiger partial charge in [0.05, 0.1) is 43.6 Å². The highest BCUT2D eigenvalue weighted by Gasteiger charge is 2.16. The lowest BCUT2D eigenvalue weighted by atomic mass is 10.1. The van der Waals surface area contributed by atoms with Crippen LogP contribution in [0.5, 0.6) is 5.75 Å². The third kappa shape index (κ3) is 4.41. The average Bonchev–Trinajstić information content (AvgIpc) is 3.13. The van der Waals surface area contributed by atoms with Gasteiger partial charge in [-0.3, -0.25) is 4.79 Å². The van der Waals surface area contributed by atoms with E-state index in [1.54, 1.807) is 24.4 Å². The van der Waals surface area contributed by atoms with Crippen LogP contribution in [-0.2, 0) is 4.74 Å². The third-order valence-electron chi connectivity index (χ3n) is 4.16. The van der Waals surface area contributed by atoms with Crippen LogP contribution in [0.25, 0.3) is 0 Å². The van der Waals surface area contributed by atoms with Crippen molar-refractivity contribution in [3.05, 3.63) is 47.8 Å². The Kier molecular flexibility index (Phi) is 5.75. The molecule has 132 valence electrons. The number of phenols is 1. The molecule has 0 amide bonds. The van der Waals surface area contributed by atoms with E-state index in [4.69, 9.17) is 17.0 Å². The number of hydrogen-bond donors (Lipinski definition) is 3. The number of thiocarbonyl (C=S) groups is 1. The monoisotopic (exact) mass is 361 g/mol. The molecule has 0 aliphatic carbocycles. The van der Waals surface area contributed by atoms with Crippen molar-refractivity contribution in [1.82, 2.24) is 15.1 Å². The number of rotatable bonds is 5. The molecule has 0 unspecified atom stereocenters. The summed E-state index contributed by atoms with van der Waals surface area (Å²) in [5, 5.41) is 17.5. The molecule has 1 aliphatic rings. The Morgan fingerprint density at radius 2 is 2.12 bits per heavy atom. The Balaban J connectivity index is 1.56. The van der Waals surface area contributed by atoms with Crippen molar-refractivity contribution in [3.63, 3.8) is 0 Å². The lowest BCUT2D eigenvalue weighted by Gasteiger charge is -2.23. The number of quaternary nitrogens is 1. The first-order valence-corrected chi connectivity index (χ1v) is 8.63. The largest absolute Gasteiger partial charge is 0.507 e. The molecular formula is C17H21N4O3S+. The SMILES string of the molecule is O=C(c1cnn(C(=S)NCC[NH+]2CCOCC2)c1)c1ccccc1O. The van der Waals surface area contributed by atoms with Crippen LogP contribution in [0.4, 0.5) is 0 Å². The van der Waals surface area contributed by atoms with Crippen molar-refractivity contribution in [2.75, 3.05) is 39.4 Å². The van der Waals surface area contributed by atoms with Crippen molar-refractivity contribution >= 4 is 23.1 Å². The summed E-state index contributed by atoms with van der Waals surface area (Å²) in [6.45, 7) is 5.31. The molecule has 1 aromatic carbocycles. The van der Waals surface area contributed by atoms with E-state index in [1.807, 2.05) is 0 Å². The van der Waals surface area contributed by atoms with Crippen LogP contribution in [0.2, 0.25) is 0 Å². The first kappa shape index (κ1) is 17.5. The van der Waals surface area contributed by atoms with Gasteiger partial charge in [-0.05, 0) is 24.4 Å². The number of nitrogens with zero attached hydrogens (tertiary/aromatic N) is 2. The smallest absolute Gasteiger partial charge is 0.199 e. The quantitative estimate of drug-likeness (QED) is 0.490. The zero-order chi connectivity index (χ0) is 17.6. The summed E-state index contributed by atoms with van der Waals surface area (Å²) in [6.07, 6.45) is 3.03. The number of phenolic OH excluding ortho intramolecular Hbond substituents is 1. The second-order valence-electron chi connectivity index (χ2n) is 5.86. The number of para-hydroxylation sites is 1. The number of aromatic nitrogens is 2. The normalized spacial score (nSPS) is 15.0. The summed E-state index contributed by atoms with van der Waals surface area (Å²) in [5.74, 6) is -0.334. The molecule has 1 aliphatic heterocycles. The van der Waals surface area contributed by atoms with Crippen molar-refractivity contribution in [3.8, 4) is 5.75 Å². The molecule has 0 radical (unpaired) electrons. The van der Waals surface area contributed by atoms with E-state index in [1.165, 1.54) is 21.8 Å². The highest BCUT2D eigenvalue weighted by atomic mass is 32.1. The van der Waals surface area contributed by atoms with Crippen molar-refractivity contribution in [2.45, 2.75) is 0 Å². The molecule has 8 heteroatoms. The number of carbonyl (C=O) groups excluding carboxylic acids is 1. The molecule has 3 rings (SSSR count). The molecule has 7 nitrogen and oxygen atoms in total. The molecule has 0 saturated carbocycles.